The van der Waals surface area contributed by atoms with E-state index in [1.165, 1.54) is 18.5 Å². The normalized spacial score (nSPS) is 14.6. The van der Waals surface area contributed by atoms with E-state index in [1.54, 1.807) is 6.07 Å². The third-order valence-electron chi connectivity index (χ3n) is 5.28. The van der Waals surface area contributed by atoms with Gasteiger partial charge in [-0.15, -0.1) is 0 Å². The third kappa shape index (κ3) is 3.92. The molecule has 1 fully saturated rings. The summed E-state index contributed by atoms with van der Waals surface area (Å²) in [6, 6.07) is 5.81. The van der Waals surface area contributed by atoms with Gasteiger partial charge in [-0.05, 0) is 48.1 Å². The zero-order valence-electron chi connectivity index (χ0n) is 15.4. The van der Waals surface area contributed by atoms with Crippen LogP contribution in [0, 0.1) is 5.82 Å². The Morgan fingerprint density at radius 2 is 1.76 bits per heavy atom. The molecule has 0 unspecified atom stereocenters. The molecule has 0 bridgehead atoms. The molecule has 0 atom stereocenters. The average molecular weight is 402 g/mol. The van der Waals surface area contributed by atoms with Crippen LogP contribution in [0.25, 0.3) is 11.3 Å². The summed E-state index contributed by atoms with van der Waals surface area (Å²) in [5.74, 6) is 0.0325. The molecule has 0 saturated heterocycles. The lowest BCUT2D eigenvalue weighted by Gasteiger charge is -2.28. The highest BCUT2D eigenvalue weighted by atomic mass is 19.4. The molecule has 0 amide bonds. The number of pyridine rings is 1. The Labute approximate surface area is 164 Å². The maximum atomic E-state index is 15.5. The van der Waals surface area contributed by atoms with Crippen molar-refractivity contribution in [3.63, 3.8) is 0 Å². The molecule has 0 radical (unpaired) electrons. The summed E-state index contributed by atoms with van der Waals surface area (Å²) < 4.78 is 53.8. The lowest BCUT2D eigenvalue weighted by Crippen LogP contribution is -2.14. The van der Waals surface area contributed by atoms with Crippen LogP contribution in [0.3, 0.4) is 0 Å². The highest BCUT2D eigenvalue weighted by molar-refractivity contribution is 5.62. The Morgan fingerprint density at radius 1 is 0.966 bits per heavy atom. The van der Waals surface area contributed by atoms with E-state index in [2.05, 4.69) is 15.0 Å². The van der Waals surface area contributed by atoms with E-state index in [1.807, 2.05) is 6.07 Å². The van der Waals surface area contributed by atoms with Crippen molar-refractivity contribution in [3.8, 4) is 11.3 Å². The van der Waals surface area contributed by atoms with Crippen LogP contribution < -0.4 is 5.73 Å². The highest BCUT2D eigenvalue weighted by Crippen LogP contribution is 2.41. The maximum absolute atomic E-state index is 15.5. The van der Waals surface area contributed by atoms with Gasteiger partial charge in [-0.1, -0.05) is 12.5 Å². The molecule has 150 valence electrons. The Bertz CT molecular complexity index is 1010. The Hall–Kier alpha value is -3.03. The average Bonchev–Trinajstić information content (AvgIpc) is 2.64. The molecule has 2 heterocycles. The van der Waals surface area contributed by atoms with E-state index < -0.39 is 17.6 Å². The molecule has 3 aromatic rings. The monoisotopic (exact) mass is 402 g/mol. The quantitative estimate of drug-likeness (QED) is 0.614. The first kappa shape index (κ1) is 19.3. The molecular weight excluding hydrogens is 384 g/mol. The van der Waals surface area contributed by atoms with E-state index >= 15 is 4.39 Å². The van der Waals surface area contributed by atoms with Gasteiger partial charge in [0, 0.05) is 23.9 Å². The fourth-order valence-corrected chi connectivity index (χ4v) is 3.47. The van der Waals surface area contributed by atoms with Gasteiger partial charge in [0.15, 0.2) is 0 Å². The highest BCUT2D eigenvalue weighted by Gasteiger charge is 2.31. The van der Waals surface area contributed by atoms with Crippen molar-refractivity contribution in [2.24, 2.45) is 0 Å². The number of anilines is 1. The van der Waals surface area contributed by atoms with Gasteiger partial charge in [0.25, 0.3) is 0 Å². The molecule has 0 spiro atoms. The van der Waals surface area contributed by atoms with E-state index in [0.29, 0.717) is 17.0 Å². The molecule has 2 N–H and O–H groups in total. The zero-order chi connectivity index (χ0) is 20.6. The van der Waals surface area contributed by atoms with Crippen LogP contribution in [-0.2, 0) is 12.6 Å². The Balaban J connectivity index is 1.73. The predicted octanol–water partition coefficient (Wildman–Crippen LogP) is 5.14. The molecule has 4 nitrogen and oxygen atoms in total. The molecular formula is C21H18F4N4. The lowest BCUT2D eigenvalue weighted by molar-refractivity contribution is -0.137. The minimum Gasteiger partial charge on any atom is -0.382 e. The van der Waals surface area contributed by atoms with Gasteiger partial charge < -0.3 is 5.73 Å². The predicted molar refractivity (Wildman–Crippen MR) is 100 cm³/mol. The molecule has 8 heteroatoms. The van der Waals surface area contributed by atoms with E-state index in [4.69, 9.17) is 5.73 Å². The van der Waals surface area contributed by atoms with Crippen molar-refractivity contribution >= 4 is 5.82 Å². The van der Waals surface area contributed by atoms with Crippen LogP contribution in [0.4, 0.5) is 23.4 Å². The standard InChI is InChI=1S/C21H18F4N4/c22-20-16(18-10-29-19(26)11-28-18)7-6-15(12-2-1-3-12)17(20)8-14-5-4-13(9-27-14)21(23,24)25/h4-7,9-12H,1-3,8H2,(H2,26,29). The van der Waals surface area contributed by atoms with E-state index in [0.717, 1.165) is 37.1 Å². The molecule has 29 heavy (non-hydrogen) atoms. The number of benzene rings is 1. The molecule has 1 aliphatic carbocycles. The lowest BCUT2D eigenvalue weighted by atomic mass is 9.77. The molecule has 2 aromatic heterocycles. The largest absolute Gasteiger partial charge is 0.417 e. The topological polar surface area (TPSA) is 64.7 Å². The number of halogens is 4. The van der Waals surface area contributed by atoms with Crippen molar-refractivity contribution in [2.75, 3.05) is 5.73 Å². The number of alkyl halides is 3. The number of nitrogens with two attached hydrogens (primary N) is 1. The summed E-state index contributed by atoms with van der Waals surface area (Å²) in [5.41, 5.74) is 7.04. The van der Waals surface area contributed by atoms with Crippen LogP contribution >= 0.6 is 0 Å². The van der Waals surface area contributed by atoms with Crippen LogP contribution in [0.2, 0.25) is 0 Å². The van der Waals surface area contributed by atoms with Gasteiger partial charge in [-0.25, -0.2) is 9.37 Å². The molecule has 4 rings (SSSR count). The van der Waals surface area contributed by atoms with Gasteiger partial charge in [0.1, 0.15) is 11.6 Å². The molecule has 0 aliphatic heterocycles. The van der Waals surface area contributed by atoms with Gasteiger partial charge >= 0.3 is 6.18 Å². The second-order valence-corrected chi connectivity index (χ2v) is 7.16. The summed E-state index contributed by atoms with van der Waals surface area (Å²) in [4.78, 5) is 12.0. The first-order chi connectivity index (χ1) is 13.8. The second-order valence-electron chi connectivity index (χ2n) is 7.16. The summed E-state index contributed by atoms with van der Waals surface area (Å²) in [6.07, 6.45) is 2.19. The first-order valence-electron chi connectivity index (χ1n) is 9.24. The van der Waals surface area contributed by atoms with Crippen molar-refractivity contribution in [3.05, 3.63) is 71.1 Å². The first-order valence-corrected chi connectivity index (χ1v) is 9.24. The minimum atomic E-state index is -4.46. The fraction of sp³-hybridized carbons (Fsp3) is 0.286. The van der Waals surface area contributed by atoms with E-state index in [-0.39, 0.29) is 23.7 Å². The Kier molecular flexibility index (Phi) is 4.94. The van der Waals surface area contributed by atoms with Crippen LogP contribution in [0.15, 0.2) is 42.9 Å². The molecule has 1 saturated carbocycles. The van der Waals surface area contributed by atoms with Gasteiger partial charge in [0.05, 0.1) is 23.7 Å². The summed E-state index contributed by atoms with van der Waals surface area (Å²) in [5, 5.41) is 0. The van der Waals surface area contributed by atoms with Crippen molar-refractivity contribution in [1.29, 1.82) is 0 Å². The van der Waals surface area contributed by atoms with E-state index in [9.17, 15) is 13.2 Å². The molecule has 1 aliphatic rings. The fourth-order valence-electron chi connectivity index (χ4n) is 3.47. The van der Waals surface area contributed by atoms with Gasteiger partial charge in [0.2, 0.25) is 0 Å². The van der Waals surface area contributed by atoms with Crippen molar-refractivity contribution < 1.29 is 17.6 Å². The number of hydrogen-bond acceptors (Lipinski definition) is 4. The summed E-state index contributed by atoms with van der Waals surface area (Å²) in [7, 11) is 0. The SMILES string of the molecule is Nc1cnc(-c2ccc(C3CCC3)c(Cc3ccc(C(F)(F)F)cn3)c2F)cn1. The Morgan fingerprint density at radius 3 is 2.31 bits per heavy atom. The van der Waals surface area contributed by atoms with Crippen LogP contribution in [-0.4, -0.2) is 15.0 Å². The number of rotatable bonds is 4. The number of hydrogen-bond donors (Lipinski definition) is 1. The number of nitrogen functional groups attached to an aromatic ring is 1. The second kappa shape index (κ2) is 7.42. The third-order valence-corrected chi connectivity index (χ3v) is 5.28. The van der Waals surface area contributed by atoms with Gasteiger partial charge in [-0.3, -0.25) is 9.97 Å². The zero-order valence-corrected chi connectivity index (χ0v) is 15.4. The number of nitrogens with zero attached hydrogens (tertiary/aromatic N) is 3. The minimum absolute atomic E-state index is 0.103. The van der Waals surface area contributed by atoms with Crippen LogP contribution in [0.5, 0.6) is 0 Å². The smallest absolute Gasteiger partial charge is 0.382 e. The van der Waals surface area contributed by atoms with Crippen molar-refractivity contribution in [2.45, 2.75) is 37.8 Å². The van der Waals surface area contributed by atoms with Crippen LogP contribution in [0.1, 0.15) is 47.6 Å². The van der Waals surface area contributed by atoms with Gasteiger partial charge in [-0.2, -0.15) is 13.2 Å². The molecule has 1 aromatic carbocycles. The number of aromatic nitrogens is 3. The summed E-state index contributed by atoms with van der Waals surface area (Å²) >= 11 is 0. The summed E-state index contributed by atoms with van der Waals surface area (Å²) in [6.45, 7) is 0. The van der Waals surface area contributed by atoms with Crippen molar-refractivity contribution in [1.82, 2.24) is 15.0 Å². The maximum Gasteiger partial charge on any atom is 0.417 e.